The van der Waals surface area contributed by atoms with E-state index < -0.39 is 0 Å². The molecule has 9 heteroatoms. The molecule has 1 N–H and O–H groups in total. The highest BCUT2D eigenvalue weighted by Gasteiger charge is 2.13. The van der Waals surface area contributed by atoms with Crippen LogP contribution in [0.5, 0.6) is 0 Å². The minimum absolute atomic E-state index is 0.366. The van der Waals surface area contributed by atoms with E-state index in [9.17, 15) is 0 Å². The third-order valence-corrected chi connectivity index (χ3v) is 4.49. The lowest BCUT2D eigenvalue weighted by atomic mass is 10.2. The minimum atomic E-state index is 0.366. The number of nitrogens with zero attached hydrogens (tertiary/aromatic N) is 4. The molecule has 0 aliphatic heterocycles. The Hall–Kier alpha value is -1.53. The molecule has 5 nitrogen and oxygen atoms in total. The number of halogens is 4. The van der Waals surface area contributed by atoms with E-state index in [0.717, 1.165) is 5.56 Å². The molecule has 0 aliphatic rings. The summed E-state index contributed by atoms with van der Waals surface area (Å²) in [5.74, 6) is 0.408. The second-order valence-electron chi connectivity index (χ2n) is 4.58. The highest BCUT2D eigenvalue weighted by atomic mass is 35.5. The SMILES string of the molecule is Clc1ccc(Cl)c(CNc2nnnn2-c2cccc(Cl)c2Cl)c1. The molecule has 0 radical (unpaired) electrons. The molecule has 3 rings (SSSR count). The van der Waals surface area contributed by atoms with Crippen molar-refractivity contribution in [1.29, 1.82) is 0 Å². The van der Waals surface area contributed by atoms with Crippen LogP contribution in [0.3, 0.4) is 0 Å². The van der Waals surface area contributed by atoms with E-state index in [1.165, 1.54) is 4.68 Å². The molecule has 0 aliphatic carbocycles. The molecule has 0 saturated heterocycles. The van der Waals surface area contributed by atoms with Crippen LogP contribution in [0, 0.1) is 0 Å². The maximum atomic E-state index is 6.21. The molecule has 0 bridgehead atoms. The van der Waals surface area contributed by atoms with Crippen LogP contribution in [-0.4, -0.2) is 20.2 Å². The molecule has 2 aromatic carbocycles. The average Bonchev–Trinajstić information content (AvgIpc) is 2.99. The number of rotatable bonds is 4. The molecular weight excluding hydrogens is 380 g/mol. The quantitative estimate of drug-likeness (QED) is 0.691. The van der Waals surface area contributed by atoms with Crippen LogP contribution in [0.15, 0.2) is 36.4 Å². The van der Waals surface area contributed by atoms with Crippen LogP contribution in [0.2, 0.25) is 20.1 Å². The first kappa shape index (κ1) is 16.3. The van der Waals surface area contributed by atoms with Gasteiger partial charge >= 0.3 is 0 Å². The Balaban J connectivity index is 1.87. The fourth-order valence-electron chi connectivity index (χ4n) is 1.97. The van der Waals surface area contributed by atoms with Crippen LogP contribution < -0.4 is 5.32 Å². The molecule has 0 fully saturated rings. The van der Waals surface area contributed by atoms with Crippen molar-refractivity contribution in [2.75, 3.05) is 5.32 Å². The predicted octanol–water partition coefficient (Wildman–Crippen LogP) is 4.89. The van der Waals surface area contributed by atoms with E-state index in [4.69, 9.17) is 46.4 Å². The van der Waals surface area contributed by atoms with Crippen molar-refractivity contribution in [2.24, 2.45) is 0 Å². The first-order valence-corrected chi connectivity index (χ1v) is 7.98. The van der Waals surface area contributed by atoms with Gasteiger partial charge in [-0.3, -0.25) is 0 Å². The van der Waals surface area contributed by atoms with Crippen LogP contribution >= 0.6 is 46.4 Å². The van der Waals surface area contributed by atoms with E-state index >= 15 is 0 Å². The van der Waals surface area contributed by atoms with Crippen molar-refractivity contribution in [1.82, 2.24) is 20.2 Å². The Morgan fingerprint density at radius 3 is 2.65 bits per heavy atom. The van der Waals surface area contributed by atoms with Gasteiger partial charge in [-0.05, 0) is 46.3 Å². The summed E-state index contributed by atoms with van der Waals surface area (Å²) in [5, 5.41) is 16.6. The zero-order valence-corrected chi connectivity index (χ0v) is 14.5. The number of hydrogen-bond donors (Lipinski definition) is 1. The van der Waals surface area contributed by atoms with E-state index in [0.29, 0.717) is 38.3 Å². The molecule has 1 aromatic heterocycles. The first-order chi connectivity index (χ1) is 11.1. The third-order valence-electron chi connectivity index (χ3n) is 3.07. The van der Waals surface area contributed by atoms with Crippen molar-refractivity contribution in [2.45, 2.75) is 6.54 Å². The van der Waals surface area contributed by atoms with Crippen LogP contribution in [0.4, 0.5) is 5.95 Å². The van der Waals surface area contributed by atoms with Crippen molar-refractivity contribution in [3.05, 3.63) is 62.1 Å². The summed E-state index contributed by atoms with van der Waals surface area (Å²) in [6.45, 7) is 0.401. The second kappa shape index (κ2) is 6.93. The fourth-order valence-corrected chi connectivity index (χ4v) is 2.72. The average molecular weight is 389 g/mol. The predicted molar refractivity (Wildman–Crippen MR) is 93.0 cm³/mol. The first-order valence-electron chi connectivity index (χ1n) is 6.47. The van der Waals surface area contributed by atoms with Crippen molar-refractivity contribution in [3.8, 4) is 5.69 Å². The van der Waals surface area contributed by atoms with Crippen molar-refractivity contribution < 1.29 is 0 Å². The summed E-state index contributed by atoms with van der Waals surface area (Å²) in [5.41, 5.74) is 1.40. The van der Waals surface area contributed by atoms with Crippen LogP contribution in [0.25, 0.3) is 5.69 Å². The molecule has 0 unspecified atom stereocenters. The van der Waals surface area contributed by atoms with Gasteiger partial charge in [0.25, 0.3) is 0 Å². The fraction of sp³-hybridized carbons (Fsp3) is 0.0714. The monoisotopic (exact) mass is 387 g/mol. The van der Waals surface area contributed by atoms with Gasteiger partial charge in [-0.15, -0.1) is 0 Å². The summed E-state index contributed by atoms with van der Waals surface area (Å²) in [7, 11) is 0. The Kier molecular flexibility index (Phi) is 4.92. The van der Waals surface area contributed by atoms with Crippen LogP contribution in [0.1, 0.15) is 5.56 Å². The standard InChI is InChI=1S/C14H9Cl4N5/c15-9-4-5-10(16)8(6-9)7-19-14-20-21-22-23(14)12-3-1-2-11(17)13(12)18/h1-6H,7H2,(H,19,20,22). The van der Waals surface area contributed by atoms with Gasteiger partial charge < -0.3 is 5.32 Å². The van der Waals surface area contributed by atoms with Gasteiger partial charge in [0.15, 0.2) is 0 Å². The zero-order valence-electron chi connectivity index (χ0n) is 11.5. The normalized spacial score (nSPS) is 10.8. The molecule has 23 heavy (non-hydrogen) atoms. The summed E-state index contributed by atoms with van der Waals surface area (Å²) >= 11 is 24.4. The number of benzene rings is 2. The van der Waals surface area contributed by atoms with E-state index in [1.807, 2.05) is 0 Å². The second-order valence-corrected chi connectivity index (χ2v) is 6.21. The summed E-state index contributed by atoms with van der Waals surface area (Å²) in [6.07, 6.45) is 0. The Morgan fingerprint density at radius 2 is 1.83 bits per heavy atom. The molecule has 1 heterocycles. The van der Waals surface area contributed by atoms with Gasteiger partial charge in [0, 0.05) is 16.6 Å². The molecule has 0 saturated carbocycles. The van der Waals surface area contributed by atoms with Gasteiger partial charge in [0.1, 0.15) is 0 Å². The Labute approximate surface area is 152 Å². The minimum Gasteiger partial charge on any atom is -0.349 e. The maximum absolute atomic E-state index is 6.21. The highest BCUT2D eigenvalue weighted by Crippen LogP contribution is 2.29. The van der Waals surface area contributed by atoms with Gasteiger partial charge in [0.2, 0.25) is 5.95 Å². The molecule has 0 spiro atoms. The smallest absolute Gasteiger partial charge is 0.248 e. The number of anilines is 1. The maximum Gasteiger partial charge on any atom is 0.248 e. The lowest BCUT2D eigenvalue weighted by Crippen LogP contribution is -2.08. The van der Waals surface area contributed by atoms with Gasteiger partial charge in [-0.2, -0.15) is 4.68 Å². The number of aromatic nitrogens is 4. The highest BCUT2D eigenvalue weighted by molar-refractivity contribution is 6.43. The van der Waals surface area contributed by atoms with Gasteiger partial charge in [-0.25, -0.2) is 0 Å². The van der Waals surface area contributed by atoms with E-state index in [2.05, 4.69) is 20.8 Å². The molecule has 0 atom stereocenters. The van der Waals surface area contributed by atoms with Gasteiger partial charge in [-0.1, -0.05) is 57.6 Å². The topological polar surface area (TPSA) is 55.6 Å². The number of tetrazole rings is 1. The van der Waals surface area contributed by atoms with Gasteiger partial charge in [0.05, 0.1) is 15.7 Å². The Morgan fingerprint density at radius 1 is 1.00 bits per heavy atom. The molecule has 118 valence electrons. The van der Waals surface area contributed by atoms with E-state index in [-0.39, 0.29) is 0 Å². The summed E-state index contributed by atoms with van der Waals surface area (Å²) in [4.78, 5) is 0. The van der Waals surface area contributed by atoms with Crippen LogP contribution in [-0.2, 0) is 6.54 Å². The third kappa shape index (κ3) is 3.53. The molecular formula is C14H9Cl4N5. The van der Waals surface area contributed by atoms with Crippen molar-refractivity contribution in [3.63, 3.8) is 0 Å². The van der Waals surface area contributed by atoms with Crippen molar-refractivity contribution >= 4 is 52.4 Å². The molecule has 0 amide bonds. The number of hydrogen-bond acceptors (Lipinski definition) is 4. The summed E-state index contributed by atoms with van der Waals surface area (Å²) in [6, 6.07) is 10.5. The lowest BCUT2D eigenvalue weighted by molar-refractivity contribution is 0.789. The lowest BCUT2D eigenvalue weighted by Gasteiger charge is -2.10. The number of nitrogens with one attached hydrogen (secondary N) is 1. The molecule has 3 aromatic rings. The zero-order chi connectivity index (χ0) is 16.4. The largest absolute Gasteiger partial charge is 0.349 e. The Bertz CT molecular complexity index is 849. The van der Waals surface area contributed by atoms with E-state index in [1.54, 1.807) is 36.4 Å². The summed E-state index contributed by atoms with van der Waals surface area (Å²) < 4.78 is 1.46.